The number of carbonyl (C=O) groups is 1. The summed E-state index contributed by atoms with van der Waals surface area (Å²) in [5.41, 5.74) is 0. The SMILES string of the molecule is O=C(O)C1CCCN1N1CCCCC1. The second kappa shape index (κ2) is 4.28. The average molecular weight is 198 g/mol. The largest absolute Gasteiger partial charge is 0.480 e. The van der Waals surface area contributed by atoms with Crippen molar-refractivity contribution in [1.82, 2.24) is 10.0 Å². The van der Waals surface area contributed by atoms with Gasteiger partial charge in [-0.3, -0.25) is 4.79 Å². The summed E-state index contributed by atoms with van der Waals surface area (Å²) in [6, 6.07) is -0.256. The van der Waals surface area contributed by atoms with Crippen LogP contribution in [0.15, 0.2) is 0 Å². The monoisotopic (exact) mass is 198 g/mol. The van der Waals surface area contributed by atoms with Gasteiger partial charge in [0.15, 0.2) is 0 Å². The molecule has 14 heavy (non-hydrogen) atoms. The van der Waals surface area contributed by atoms with Crippen LogP contribution < -0.4 is 0 Å². The molecule has 2 heterocycles. The predicted octanol–water partition coefficient (Wildman–Crippen LogP) is 0.936. The van der Waals surface area contributed by atoms with Gasteiger partial charge in [-0.25, -0.2) is 10.0 Å². The number of hydrogen-bond acceptors (Lipinski definition) is 3. The number of aliphatic carboxylic acids is 1. The summed E-state index contributed by atoms with van der Waals surface area (Å²) in [7, 11) is 0. The van der Waals surface area contributed by atoms with E-state index in [1.807, 2.05) is 0 Å². The number of carboxylic acid groups (broad SMARTS) is 1. The molecule has 2 aliphatic rings. The zero-order valence-corrected chi connectivity index (χ0v) is 8.48. The third-order valence-electron chi connectivity index (χ3n) is 3.21. The summed E-state index contributed by atoms with van der Waals surface area (Å²) in [4.78, 5) is 11.0. The van der Waals surface area contributed by atoms with Gasteiger partial charge in [0.1, 0.15) is 6.04 Å². The van der Waals surface area contributed by atoms with Gasteiger partial charge in [-0.1, -0.05) is 6.42 Å². The maximum absolute atomic E-state index is 11.0. The Morgan fingerprint density at radius 1 is 1.07 bits per heavy atom. The smallest absolute Gasteiger partial charge is 0.322 e. The Hall–Kier alpha value is -0.610. The number of hydrogen-bond donors (Lipinski definition) is 1. The normalized spacial score (nSPS) is 30.7. The maximum Gasteiger partial charge on any atom is 0.322 e. The first-order chi connectivity index (χ1) is 6.79. The van der Waals surface area contributed by atoms with E-state index in [-0.39, 0.29) is 6.04 Å². The Bertz CT molecular complexity index is 214. The van der Waals surface area contributed by atoms with Crippen LogP contribution in [0.25, 0.3) is 0 Å². The van der Waals surface area contributed by atoms with Gasteiger partial charge in [-0.2, -0.15) is 0 Å². The first-order valence-electron chi connectivity index (χ1n) is 5.53. The van der Waals surface area contributed by atoms with E-state index in [9.17, 15) is 4.79 Å². The van der Waals surface area contributed by atoms with Crippen LogP contribution in [0.3, 0.4) is 0 Å². The third kappa shape index (κ3) is 1.91. The molecule has 2 saturated heterocycles. The number of piperidine rings is 1. The molecule has 1 N–H and O–H groups in total. The molecule has 2 rings (SSSR count). The highest BCUT2D eigenvalue weighted by atomic mass is 16.4. The molecule has 0 aliphatic carbocycles. The highest BCUT2D eigenvalue weighted by Gasteiger charge is 2.34. The van der Waals surface area contributed by atoms with Gasteiger partial charge in [0.05, 0.1) is 0 Å². The molecule has 0 aromatic rings. The summed E-state index contributed by atoms with van der Waals surface area (Å²) in [6.45, 7) is 3.02. The zero-order chi connectivity index (χ0) is 9.97. The van der Waals surface area contributed by atoms with Crippen molar-refractivity contribution < 1.29 is 9.90 Å². The fourth-order valence-electron chi connectivity index (χ4n) is 2.48. The average Bonchev–Trinajstić information content (AvgIpc) is 2.67. The van der Waals surface area contributed by atoms with Crippen LogP contribution in [0.2, 0.25) is 0 Å². The van der Waals surface area contributed by atoms with Gasteiger partial charge in [0.2, 0.25) is 0 Å². The van der Waals surface area contributed by atoms with E-state index in [1.165, 1.54) is 19.3 Å². The van der Waals surface area contributed by atoms with Crippen LogP contribution in [-0.4, -0.2) is 46.8 Å². The van der Waals surface area contributed by atoms with Crippen molar-refractivity contribution in [3.63, 3.8) is 0 Å². The molecule has 0 amide bonds. The van der Waals surface area contributed by atoms with Crippen LogP contribution in [0.5, 0.6) is 0 Å². The van der Waals surface area contributed by atoms with Crippen molar-refractivity contribution in [3.8, 4) is 0 Å². The number of hydrazine groups is 1. The standard InChI is InChI=1S/C10H18N2O2/c13-10(14)9-5-4-8-12(9)11-6-2-1-3-7-11/h9H,1-8H2,(H,13,14). The van der Waals surface area contributed by atoms with E-state index in [0.29, 0.717) is 0 Å². The summed E-state index contributed by atoms with van der Waals surface area (Å²) >= 11 is 0. The van der Waals surface area contributed by atoms with Crippen molar-refractivity contribution in [3.05, 3.63) is 0 Å². The molecule has 2 fully saturated rings. The molecule has 4 heteroatoms. The van der Waals surface area contributed by atoms with E-state index in [0.717, 1.165) is 32.5 Å². The Labute approximate surface area is 84.5 Å². The van der Waals surface area contributed by atoms with Gasteiger partial charge in [0, 0.05) is 19.6 Å². The second-order valence-corrected chi connectivity index (χ2v) is 4.17. The Morgan fingerprint density at radius 3 is 2.43 bits per heavy atom. The molecule has 0 saturated carbocycles. The van der Waals surface area contributed by atoms with E-state index in [1.54, 1.807) is 0 Å². The van der Waals surface area contributed by atoms with Gasteiger partial charge < -0.3 is 5.11 Å². The summed E-state index contributed by atoms with van der Waals surface area (Å²) in [5, 5.41) is 13.4. The van der Waals surface area contributed by atoms with E-state index < -0.39 is 5.97 Å². The number of carboxylic acids is 1. The molecule has 0 bridgehead atoms. The molecule has 80 valence electrons. The predicted molar refractivity (Wildman–Crippen MR) is 52.8 cm³/mol. The second-order valence-electron chi connectivity index (χ2n) is 4.17. The summed E-state index contributed by atoms with van der Waals surface area (Å²) < 4.78 is 0. The first-order valence-corrected chi connectivity index (χ1v) is 5.53. The highest BCUT2D eigenvalue weighted by Crippen LogP contribution is 2.22. The fraction of sp³-hybridized carbons (Fsp3) is 0.900. The van der Waals surface area contributed by atoms with E-state index >= 15 is 0 Å². The quantitative estimate of drug-likeness (QED) is 0.717. The lowest BCUT2D eigenvalue weighted by atomic mass is 10.1. The van der Waals surface area contributed by atoms with Crippen molar-refractivity contribution in [2.75, 3.05) is 19.6 Å². The van der Waals surface area contributed by atoms with Gasteiger partial charge >= 0.3 is 5.97 Å². The molecule has 0 aromatic carbocycles. The zero-order valence-electron chi connectivity index (χ0n) is 8.48. The fourth-order valence-corrected chi connectivity index (χ4v) is 2.48. The lowest BCUT2D eigenvalue weighted by Gasteiger charge is -2.37. The van der Waals surface area contributed by atoms with Crippen LogP contribution in [0.1, 0.15) is 32.1 Å². The van der Waals surface area contributed by atoms with E-state index in [4.69, 9.17) is 5.11 Å². The van der Waals surface area contributed by atoms with Crippen LogP contribution in [0, 0.1) is 0 Å². The number of nitrogens with zero attached hydrogens (tertiary/aromatic N) is 2. The Morgan fingerprint density at radius 2 is 1.79 bits per heavy atom. The molecule has 0 radical (unpaired) electrons. The molecule has 0 spiro atoms. The molecule has 1 atom stereocenters. The van der Waals surface area contributed by atoms with Gasteiger partial charge in [-0.15, -0.1) is 0 Å². The van der Waals surface area contributed by atoms with Crippen LogP contribution >= 0.6 is 0 Å². The first kappa shape index (κ1) is 9.93. The molecular formula is C10H18N2O2. The van der Waals surface area contributed by atoms with Gasteiger partial charge in [-0.05, 0) is 25.7 Å². The van der Waals surface area contributed by atoms with Crippen molar-refractivity contribution in [1.29, 1.82) is 0 Å². The third-order valence-corrected chi connectivity index (χ3v) is 3.21. The highest BCUT2D eigenvalue weighted by molar-refractivity contribution is 5.73. The Balaban J connectivity index is 1.97. The van der Waals surface area contributed by atoms with Crippen molar-refractivity contribution >= 4 is 5.97 Å². The van der Waals surface area contributed by atoms with E-state index in [2.05, 4.69) is 10.0 Å². The van der Waals surface area contributed by atoms with Crippen molar-refractivity contribution in [2.45, 2.75) is 38.1 Å². The molecule has 0 aromatic heterocycles. The molecular weight excluding hydrogens is 180 g/mol. The summed E-state index contributed by atoms with van der Waals surface area (Å²) in [6.07, 6.45) is 5.55. The topological polar surface area (TPSA) is 43.8 Å². The minimum Gasteiger partial charge on any atom is -0.480 e. The summed E-state index contributed by atoms with van der Waals surface area (Å²) in [5.74, 6) is -0.659. The van der Waals surface area contributed by atoms with Crippen molar-refractivity contribution in [2.24, 2.45) is 0 Å². The van der Waals surface area contributed by atoms with Crippen LogP contribution in [-0.2, 0) is 4.79 Å². The van der Waals surface area contributed by atoms with Gasteiger partial charge in [0.25, 0.3) is 0 Å². The molecule has 1 unspecified atom stereocenters. The minimum atomic E-state index is -0.659. The van der Waals surface area contributed by atoms with Crippen LogP contribution in [0.4, 0.5) is 0 Å². The minimum absolute atomic E-state index is 0.256. The Kier molecular flexibility index (Phi) is 3.03. The lowest BCUT2D eigenvalue weighted by Crippen LogP contribution is -2.50. The lowest BCUT2D eigenvalue weighted by molar-refractivity contribution is -0.151. The molecule has 4 nitrogen and oxygen atoms in total. The maximum atomic E-state index is 11.0. The molecule has 2 aliphatic heterocycles. The number of rotatable bonds is 2.